The van der Waals surface area contributed by atoms with Gasteiger partial charge in [-0.1, -0.05) is 17.7 Å². The maximum absolute atomic E-state index is 11.9. The number of hydrogen-bond acceptors (Lipinski definition) is 5. The first-order valence-electron chi connectivity index (χ1n) is 5.59. The molecule has 19 heavy (non-hydrogen) atoms. The summed E-state index contributed by atoms with van der Waals surface area (Å²) in [5.74, 6) is -1.09. The Labute approximate surface area is 116 Å². The quantitative estimate of drug-likeness (QED) is 0.678. The third-order valence-corrected chi connectivity index (χ3v) is 2.90. The first kappa shape index (κ1) is 15.3. The van der Waals surface area contributed by atoms with E-state index in [0.717, 1.165) is 0 Å². The van der Waals surface area contributed by atoms with Crippen LogP contribution in [0.25, 0.3) is 0 Å². The molecule has 1 rings (SSSR count). The second-order valence-corrected chi connectivity index (χ2v) is 5.06. The molecule has 0 aliphatic rings. The van der Waals surface area contributed by atoms with Gasteiger partial charge in [0.1, 0.15) is 6.61 Å². The van der Waals surface area contributed by atoms with Gasteiger partial charge < -0.3 is 15.2 Å². The molecule has 0 aliphatic carbocycles. The number of nitrogen functional groups attached to an aromatic ring is 1. The minimum atomic E-state index is -0.919. The molecule has 0 saturated heterocycles. The summed E-state index contributed by atoms with van der Waals surface area (Å²) in [7, 11) is 1.28. The summed E-state index contributed by atoms with van der Waals surface area (Å²) in [6.07, 6.45) is 0. The lowest BCUT2D eigenvalue weighted by molar-refractivity contribution is -0.152. The molecule has 0 radical (unpaired) electrons. The Morgan fingerprint density at radius 1 is 1.37 bits per heavy atom. The second-order valence-electron chi connectivity index (χ2n) is 4.65. The number of rotatable bonds is 4. The molecule has 5 nitrogen and oxygen atoms in total. The Morgan fingerprint density at radius 3 is 2.58 bits per heavy atom. The molecule has 1 aromatic carbocycles. The molecule has 0 heterocycles. The molecule has 0 unspecified atom stereocenters. The molecule has 0 atom stereocenters. The lowest BCUT2D eigenvalue weighted by Crippen LogP contribution is -2.32. The summed E-state index contributed by atoms with van der Waals surface area (Å²) >= 11 is 5.81. The van der Waals surface area contributed by atoms with Crippen molar-refractivity contribution in [3.63, 3.8) is 0 Å². The first-order chi connectivity index (χ1) is 8.79. The van der Waals surface area contributed by atoms with E-state index in [-0.39, 0.29) is 22.9 Å². The Bertz CT molecular complexity index is 499. The number of hydrogen-bond donors (Lipinski definition) is 1. The van der Waals surface area contributed by atoms with Gasteiger partial charge in [-0.2, -0.15) is 0 Å². The van der Waals surface area contributed by atoms with E-state index in [9.17, 15) is 9.59 Å². The van der Waals surface area contributed by atoms with Crippen LogP contribution >= 0.6 is 11.6 Å². The Kier molecular flexibility index (Phi) is 4.78. The Hall–Kier alpha value is -1.75. The maximum atomic E-state index is 11.9. The van der Waals surface area contributed by atoms with E-state index in [1.165, 1.54) is 13.2 Å². The number of carbonyl (C=O) groups excluding carboxylic acids is 2. The predicted octanol–water partition coefficient (Wildman–Crippen LogP) is 2.28. The van der Waals surface area contributed by atoms with E-state index >= 15 is 0 Å². The fourth-order valence-electron chi connectivity index (χ4n) is 1.37. The molecule has 0 amide bonds. The second kappa shape index (κ2) is 5.93. The first-order valence-corrected chi connectivity index (χ1v) is 5.97. The van der Waals surface area contributed by atoms with Crippen LogP contribution in [0.4, 0.5) is 5.69 Å². The highest BCUT2D eigenvalue weighted by Crippen LogP contribution is 2.24. The molecule has 0 aliphatic heterocycles. The van der Waals surface area contributed by atoms with Crippen LogP contribution in [0.3, 0.4) is 0 Å². The molecule has 0 bridgehead atoms. The molecule has 6 heteroatoms. The zero-order chi connectivity index (χ0) is 14.6. The zero-order valence-corrected chi connectivity index (χ0v) is 11.8. The van der Waals surface area contributed by atoms with Gasteiger partial charge in [0.25, 0.3) is 0 Å². The highest BCUT2D eigenvalue weighted by molar-refractivity contribution is 6.33. The van der Waals surface area contributed by atoms with E-state index < -0.39 is 17.4 Å². The molecule has 0 fully saturated rings. The van der Waals surface area contributed by atoms with Gasteiger partial charge in [-0.15, -0.1) is 0 Å². The lowest BCUT2D eigenvalue weighted by atomic mass is 9.95. The summed E-state index contributed by atoms with van der Waals surface area (Å²) in [4.78, 5) is 23.3. The standard InChI is InChI=1S/C13H16ClNO4/c1-13(2,12(17)18-3)7-19-11(16)8-5-4-6-9(14)10(8)15/h4-6H,7,15H2,1-3H3. The van der Waals surface area contributed by atoms with Gasteiger partial charge in [-0.3, -0.25) is 4.79 Å². The average Bonchev–Trinajstić information content (AvgIpc) is 2.38. The molecule has 0 saturated carbocycles. The number of methoxy groups -OCH3 is 1. The van der Waals surface area contributed by atoms with E-state index in [0.29, 0.717) is 0 Å². The van der Waals surface area contributed by atoms with Crippen molar-refractivity contribution in [3.05, 3.63) is 28.8 Å². The van der Waals surface area contributed by atoms with Crippen molar-refractivity contribution in [3.8, 4) is 0 Å². The summed E-state index contributed by atoms with van der Waals surface area (Å²) in [6.45, 7) is 3.13. The monoisotopic (exact) mass is 285 g/mol. The summed E-state index contributed by atoms with van der Waals surface area (Å²) in [5, 5.41) is 0.279. The van der Waals surface area contributed by atoms with Crippen LogP contribution in [0.2, 0.25) is 5.02 Å². The van der Waals surface area contributed by atoms with Crippen molar-refractivity contribution in [2.24, 2.45) is 5.41 Å². The molecule has 0 spiro atoms. The molecular formula is C13H16ClNO4. The fraction of sp³-hybridized carbons (Fsp3) is 0.385. The summed E-state index contributed by atoms with van der Waals surface area (Å²) in [6, 6.07) is 4.68. The minimum Gasteiger partial charge on any atom is -0.469 e. The molecular weight excluding hydrogens is 270 g/mol. The van der Waals surface area contributed by atoms with Crippen LogP contribution in [0.1, 0.15) is 24.2 Å². The molecule has 1 aromatic rings. The molecule has 0 aromatic heterocycles. The highest BCUT2D eigenvalue weighted by atomic mass is 35.5. The largest absolute Gasteiger partial charge is 0.469 e. The smallest absolute Gasteiger partial charge is 0.340 e. The van der Waals surface area contributed by atoms with Crippen LogP contribution in [-0.2, 0) is 14.3 Å². The van der Waals surface area contributed by atoms with Crippen molar-refractivity contribution in [1.29, 1.82) is 0 Å². The topological polar surface area (TPSA) is 78.6 Å². The number of benzene rings is 1. The average molecular weight is 286 g/mol. The summed E-state index contributed by atoms with van der Waals surface area (Å²) in [5.41, 5.74) is 5.10. The van der Waals surface area contributed by atoms with Gasteiger partial charge in [0.05, 0.1) is 28.8 Å². The SMILES string of the molecule is COC(=O)C(C)(C)COC(=O)c1cccc(Cl)c1N. The number of nitrogens with two attached hydrogens (primary N) is 1. The normalized spacial score (nSPS) is 10.9. The third-order valence-electron chi connectivity index (χ3n) is 2.57. The van der Waals surface area contributed by atoms with E-state index in [1.54, 1.807) is 26.0 Å². The predicted molar refractivity (Wildman–Crippen MR) is 71.9 cm³/mol. The minimum absolute atomic E-state index is 0.107. The van der Waals surface area contributed by atoms with E-state index in [2.05, 4.69) is 4.74 Å². The summed E-state index contributed by atoms with van der Waals surface area (Å²) < 4.78 is 9.69. The number of ether oxygens (including phenoxy) is 2. The Morgan fingerprint density at radius 2 is 2.00 bits per heavy atom. The van der Waals surface area contributed by atoms with Gasteiger partial charge in [0.2, 0.25) is 0 Å². The highest BCUT2D eigenvalue weighted by Gasteiger charge is 2.31. The van der Waals surface area contributed by atoms with Crippen LogP contribution < -0.4 is 5.73 Å². The number of para-hydroxylation sites is 1. The number of esters is 2. The van der Waals surface area contributed by atoms with Crippen molar-refractivity contribution in [2.75, 3.05) is 19.5 Å². The van der Waals surface area contributed by atoms with E-state index in [4.69, 9.17) is 22.1 Å². The van der Waals surface area contributed by atoms with Crippen molar-refractivity contribution in [1.82, 2.24) is 0 Å². The van der Waals surface area contributed by atoms with Crippen molar-refractivity contribution < 1.29 is 19.1 Å². The van der Waals surface area contributed by atoms with Gasteiger partial charge in [-0.25, -0.2) is 4.79 Å². The number of halogens is 1. The van der Waals surface area contributed by atoms with Crippen LogP contribution in [0.15, 0.2) is 18.2 Å². The zero-order valence-electron chi connectivity index (χ0n) is 11.0. The Balaban J connectivity index is 2.76. The molecule has 2 N–H and O–H groups in total. The van der Waals surface area contributed by atoms with Crippen LogP contribution in [-0.4, -0.2) is 25.7 Å². The lowest BCUT2D eigenvalue weighted by Gasteiger charge is -2.21. The van der Waals surface area contributed by atoms with Crippen LogP contribution in [0, 0.1) is 5.41 Å². The van der Waals surface area contributed by atoms with Gasteiger partial charge in [0, 0.05) is 0 Å². The van der Waals surface area contributed by atoms with Crippen molar-refractivity contribution >= 4 is 29.2 Å². The third kappa shape index (κ3) is 3.61. The molecule has 104 valence electrons. The van der Waals surface area contributed by atoms with Crippen LogP contribution in [0.5, 0.6) is 0 Å². The van der Waals surface area contributed by atoms with Gasteiger partial charge in [-0.05, 0) is 26.0 Å². The maximum Gasteiger partial charge on any atom is 0.340 e. The van der Waals surface area contributed by atoms with E-state index in [1.807, 2.05) is 0 Å². The van der Waals surface area contributed by atoms with Gasteiger partial charge in [0.15, 0.2) is 0 Å². The fourth-order valence-corrected chi connectivity index (χ4v) is 1.55. The number of anilines is 1. The van der Waals surface area contributed by atoms with Gasteiger partial charge >= 0.3 is 11.9 Å². The van der Waals surface area contributed by atoms with Crippen molar-refractivity contribution in [2.45, 2.75) is 13.8 Å². The number of carbonyl (C=O) groups is 2.